The summed E-state index contributed by atoms with van der Waals surface area (Å²) in [6.07, 6.45) is 1.97. The Morgan fingerprint density at radius 2 is 1.93 bits per heavy atom. The molecule has 0 saturated carbocycles. The maximum atomic E-state index is 12.6. The number of likely N-dealkylation sites (tertiary alicyclic amines) is 1. The van der Waals surface area contributed by atoms with Crippen molar-refractivity contribution in [2.75, 3.05) is 25.1 Å². The molecule has 30 heavy (non-hydrogen) atoms. The molecule has 0 aliphatic carbocycles. The fourth-order valence-electron chi connectivity index (χ4n) is 3.94. The molecule has 1 atom stereocenters. The molecule has 2 aromatic rings. The van der Waals surface area contributed by atoms with Crippen LogP contribution in [-0.2, 0) is 22.6 Å². The third kappa shape index (κ3) is 4.76. The van der Waals surface area contributed by atoms with Gasteiger partial charge >= 0.3 is 0 Å². The van der Waals surface area contributed by atoms with E-state index < -0.39 is 0 Å². The number of carbonyl (C=O) groups is 2. The van der Waals surface area contributed by atoms with Crippen LogP contribution in [0.4, 0.5) is 5.69 Å². The number of nitrogens with two attached hydrogens (primary N) is 1. The molecule has 1 saturated heterocycles. The minimum Gasteiger partial charge on any atom is -0.486 e. The first-order valence-corrected chi connectivity index (χ1v) is 10.8. The Balaban J connectivity index is 1.40. The summed E-state index contributed by atoms with van der Waals surface area (Å²) in [6.45, 7) is 2.50. The lowest BCUT2D eigenvalue weighted by atomic mass is 10.1. The van der Waals surface area contributed by atoms with Crippen molar-refractivity contribution >= 4 is 33.4 Å². The molecule has 7 nitrogen and oxygen atoms in total. The fourth-order valence-corrected chi connectivity index (χ4v) is 4.40. The predicted octanol–water partition coefficient (Wildman–Crippen LogP) is 2.85. The molecule has 4 rings (SSSR count). The van der Waals surface area contributed by atoms with Gasteiger partial charge in [0.25, 0.3) is 0 Å². The summed E-state index contributed by atoms with van der Waals surface area (Å²) in [5.41, 5.74) is 8.09. The lowest BCUT2D eigenvalue weighted by molar-refractivity contribution is -0.122. The number of nitrogens with zero attached hydrogens (tertiary/aromatic N) is 1. The van der Waals surface area contributed by atoms with Gasteiger partial charge in [-0.1, -0.05) is 28.1 Å². The second kappa shape index (κ2) is 9.06. The standard InChI is InChI=1S/C22H24BrN3O4/c23-17-12-20-19(29-7-8-30-20)10-15(17)11-21(27)25-16-4-1-3-14(9-16)13-26-6-2-5-18(26)22(24)28/h1,3-4,9-10,12,18H,2,5-8,11,13H2,(H2,24,28)(H,25,27). The topological polar surface area (TPSA) is 93.9 Å². The van der Waals surface area contributed by atoms with Crippen LogP contribution in [0.5, 0.6) is 11.5 Å². The molecule has 8 heteroatoms. The molecule has 2 heterocycles. The van der Waals surface area contributed by atoms with E-state index in [2.05, 4.69) is 26.1 Å². The molecular weight excluding hydrogens is 450 g/mol. The highest BCUT2D eigenvalue weighted by molar-refractivity contribution is 9.10. The van der Waals surface area contributed by atoms with E-state index in [9.17, 15) is 9.59 Å². The van der Waals surface area contributed by atoms with Gasteiger partial charge in [0.2, 0.25) is 11.8 Å². The van der Waals surface area contributed by atoms with Crippen LogP contribution in [0.1, 0.15) is 24.0 Å². The summed E-state index contributed by atoms with van der Waals surface area (Å²) >= 11 is 3.51. The van der Waals surface area contributed by atoms with E-state index in [4.69, 9.17) is 15.2 Å². The smallest absolute Gasteiger partial charge is 0.234 e. The largest absolute Gasteiger partial charge is 0.486 e. The predicted molar refractivity (Wildman–Crippen MR) is 117 cm³/mol. The van der Waals surface area contributed by atoms with Crippen molar-refractivity contribution in [1.29, 1.82) is 0 Å². The normalized spacial score (nSPS) is 18.2. The molecule has 0 bridgehead atoms. The number of nitrogens with one attached hydrogen (secondary N) is 1. The molecule has 1 unspecified atom stereocenters. The number of anilines is 1. The van der Waals surface area contributed by atoms with Gasteiger partial charge in [-0.2, -0.15) is 0 Å². The van der Waals surface area contributed by atoms with Crippen molar-refractivity contribution < 1.29 is 19.1 Å². The van der Waals surface area contributed by atoms with Crippen LogP contribution in [0.3, 0.4) is 0 Å². The Kier molecular flexibility index (Phi) is 6.24. The maximum Gasteiger partial charge on any atom is 0.234 e. The zero-order valence-corrected chi connectivity index (χ0v) is 18.1. The van der Waals surface area contributed by atoms with Crippen LogP contribution in [0.15, 0.2) is 40.9 Å². The van der Waals surface area contributed by atoms with Gasteiger partial charge in [0.1, 0.15) is 13.2 Å². The van der Waals surface area contributed by atoms with E-state index in [-0.39, 0.29) is 24.3 Å². The molecule has 0 aromatic heterocycles. The van der Waals surface area contributed by atoms with Gasteiger partial charge in [-0.05, 0) is 54.8 Å². The van der Waals surface area contributed by atoms with Crippen LogP contribution in [0.25, 0.3) is 0 Å². The number of hydrogen-bond acceptors (Lipinski definition) is 5. The molecule has 0 spiro atoms. The van der Waals surface area contributed by atoms with E-state index in [1.807, 2.05) is 36.4 Å². The van der Waals surface area contributed by atoms with Gasteiger partial charge in [0, 0.05) is 16.7 Å². The van der Waals surface area contributed by atoms with Crippen molar-refractivity contribution in [2.24, 2.45) is 5.73 Å². The Morgan fingerprint density at radius 1 is 1.17 bits per heavy atom. The van der Waals surface area contributed by atoms with E-state index in [0.717, 1.165) is 40.7 Å². The van der Waals surface area contributed by atoms with Crippen LogP contribution in [0, 0.1) is 0 Å². The van der Waals surface area contributed by atoms with Crippen molar-refractivity contribution in [3.63, 3.8) is 0 Å². The lowest BCUT2D eigenvalue weighted by Gasteiger charge is -2.22. The summed E-state index contributed by atoms with van der Waals surface area (Å²) < 4.78 is 12.0. The van der Waals surface area contributed by atoms with Gasteiger partial charge in [-0.25, -0.2) is 0 Å². The first-order chi connectivity index (χ1) is 14.5. The van der Waals surface area contributed by atoms with Crippen LogP contribution >= 0.6 is 15.9 Å². The maximum absolute atomic E-state index is 12.6. The van der Waals surface area contributed by atoms with Gasteiger partial charge < -0.3 is 20.5 Å². The molecule has 2 aliphatic heterocycles. The number of ether oxygens (including phenoxy) is 2. The monoisotopic (exact) mass is 473 g/mol. The second-order valence-electron chi connectivity index (χ2n) is 7.54. The zero-order chi connectivity index (χ0) is 21.1. The molecular formula is C22H24BrN3O4. The van der Waals surface area contributed by atoms with Gasteiger partial charge in [-0.15, -0.1) is 0 Å². The molecule has 2 amide bonds. The van der Waals surface area contributed by atoms with Crippen LogP contribution < -0.4 is 20.5 Å². The van der Waals surface area contributed by atoms with E-state index >= 15 is 0 Å². The van der Waals surface area contributed by atoms with E-state index in [1.165, 1.54) is 0 Å². The van der Waals surface area contributed by atoms with E-state index in [0.29, 0.717) is 31.3 Å². The molecule has 2 aliphatic rings. The number of carbonyl (C=O) groups excluding carboxylic acids is 2. The third-order valence-corrected chi connectivity index (χ3v) is 6.09. The van der Waals surface area contributed by atoms with Crippen molar-refractivity contribution in [3.8, 4) is 11.5 Å². The van der Waals surface area contributed by atoms with E-state index in [1.54, 1.807) is 0 Å². The summed E-state index contributed by atoms with van der Waals surface area (Å²) in [6, 6.07) is 11.2. The Hall–Kier alpha value is -2.58. The number of fused-ring (bicyclic) bond motifs is 1. The number of hydrogen-bond donors (Lipinski definition) is 2. The Bertz CT molecular complexity index is 965. The first kappa shape index (κ1) is 20.7. The quantitative estimate of drug-likeness (QED) is 0.672. The zero-order valence-electron chi connectivity index (χ0n) is 16.5. The molecule has 0 radical (unpaired) electrons. The third-order valence-electron chi connectivity index (χ3n) is 5.35. The van der Waals surface area contributed by atoms with Crippen LogP contribution in [-0.4, -0.2) is 42.5 Å². The molecule has 3 N–H and O–H groups in total. The minimum atomic E-state index is -0.276. The highest BCUT2D eigenvalue weighted by atomic mass is 79.9. The Labute approximate surface area is 183 Å². The number of halogens is 1. The van der Waals surface area contributed by atoms with Crippen molar-refractivity contribution in [1.82, 2.24) is 4.90 Å². The second-order valence-corrected chi connectivity index (χ2v) is 8.40. The highest BCUT2D eigenvalue weighted by Gasteiger charge is 2.28. The first-order valence-electron chi connectivity index (χ1n) is 10.00. The lowest BCUT2D eigenvalue weighted by Crippen LogP contribution is -2.39. The minimum absolute atomic E-state index is 0.124. The van der Waals surface area contributed by atoms with Crippen LogP contribution in [0.2, 0.25) is 0 Å². The number of primary amides is 1. The van der Waals surface area contributed by atoms with Gasteiger partial charge in [0.15, 0.2) is 11.5 Å². The fraction of sp³-hybridized carbons (Fsp3) is 0.364. The number of rotatable bonds is 6. The van der Waals surface area contributed by atoms with Crippen molar-refractivity contribution in [2.45, 2.75) is 31.8 Å². The Morgan fingerprint density at radius 3 is 2.70 bits per heavy atom. The molecule has 1 fully saturated rings. The molecule has 158 valence electrons. The number of amides is 2. The SMILES string of the molecule is NC(=O)C1CCCN1Cc1cccc(NC(=O)Cc2cc3c(cc2Br)OCCO3)c1. The average molecular weight is 474 g/mol. The summed E-state index contributed by atoms with van der Waals surface area (Å²) in [7, 11) is 0. The number of benzene rings is 2. The van der Waals surface area contributed by atoms with Gasteiger partial charge in [0.05, 0.1) is 12.5 Å². The average Bonchev–Trinajstić information content (AvgIpc) is 3.17. The highest BCUT2D eigenvalue weighted by Crippen LogP contribution is 2.35. The summed E-state index contributed by atoms with van der Waals surface area (Å²) in [5.74, 6) is 0.938. The summed E-state index contributed by atoms with van der Waals surface area (Å²) in [4.78, 5) is 26.3. The molecule has 2 aromatic carbocycles. The van der Waals surface area contributed by atoms with Gasteiger partial charge in [-0.3, -0.25) is 14.5 Å². The summed E-state index contributed by atoms with van der Waals surface area (Å²) in [5, 5.41) is 2.95. The van der Waals surface area contributed by atoms with Crippen molar-refractivity contribution in [3.05, 3.63) is 52.0 Å².